The molecule has 14 heavy (non-hydrogen) atoms. The zero-order valence-electron chi connectivity index (χ0n) is 8.00. The molecule has 0 atom stereocenters. The molecule has 78 valence electrons. The van der Waals surface area contributed by atoms with Gasteiger partial charge in [0.2, 0.25) is 0 Å². The average molecular weight is 279 g/mol. The zero-order valence-corrected chi connectivity index (χ0v) is 10.4. The average Bonchev–Trinajstić information content (AvgIpc) is 2.60. The molecule has 0 bridgehead atoms. The van der Waals surface area contributed by atoms with Crippen LogP contribution in [0.15, 0.2) is 6.07 Å². The van der Waals surface area contributed by atoms with Crippen LogP contribution in [0.5, 0.6) is 5.75 Å². The number of hydrogen-bond acceptors (Lipinski definition) is 4. The number of esters is 1. The Morgan fingerprint density at radius 2 is 2.29 bits per heavy atom. The van der Waals surface area contributed by atoms with Gasteiger partial charge >= 0.3 is 5.97 Å². The summed E-state index contributed by atoms with van der Waals surface area (Å²) in [5.74, 6) is 0.255. The first-order chi connectivity index (χ1) is 6.72. The fourth-order valence-corrected chi connectivity index (χ4v) is 2.76. The quantitative estimate of drug-likeness (QED) is 0.627. The van der Waals surface area contributed by atoms with Gasteiger partial charge in [0.15, 0.2) is 4.88 Å². The van der Waals surface area contributed by atoms with Gasteiger partial charge in [0.1, 0.15) is 5.75 Å². The molecule has 0 radical (unpaired) electrons. The number of ether oxygens (including phenoxy) is 2. The van der Waals surface area contributed by atoms with Gasteiger partial charge in [0.05, 0.1) is 14.2 Å². The lowest BCUT2D eigenvalue weighted by atomic mass is 10.3. The minimum Gasteiger partial charge on any atom is -0.495 e. The minimum absolute atomic E-state index is 0.340. The van der Waals surface area contributed by atoms with Gasteiger partial charge in [-0.2, -0.15) is 0 Å². The van der Waals surface area contributed by atoms with E-state index in [0.717, 1.165) is 16.6 Å². The molecular weight excluding hydrogens is 268 g/mol. The van der Waals surface area contributed by atoms with Crippen molar-refractivity contribution in [2.24, 2.45) is 0 Å². The smallest absolute Gasteiger partial charge is 0.351 e. The van der Waals surface area contributed by atoms with Crippen molar-refractivity contribution in [3.63, 3.8) is 0 Å². The molecule has 0 aliphatic carbocycles. The molecule has 0 unspecified atom stereocenters. The van der Waals surface area contributed by atoms with Crippen molar-refractivity contribution in [1.29, 1.82) is 0 Å². The van der Waals surface area contributed by atoms with Gasteiger partial charge in [-0.25, -0.2) is 4.79 Å². The molecule has 0 saturated carbocycles. The summed E-state index contributed by atoms with van der Waals surface area (Å²) in [6, 6.07) is 1.87. The Labute approximate surface area is 95.2 Å². The van der Waals surface area contributed by atoms with Crippen molar-refractivity contribution in [3.8, 4) is 5.75 Å². The second-order valence-corrected chi connectivity index (χ2v) is 4.47. The number of alkyl halides is 1. The van der Waals surface area contributed by atoms with Crippen LogP contribution < -0.4 is 4.74 Å². The highest BCUT2D eigenvalue weighted by Crippen LogP contribution is 2.30. The van der Waals surface area contributed by atoms with Crippen LogP contribution in [0.2, 0.25) is 0 Å². The molecule has 3 nitrogen and oxygen atoms in total. The van der Waals surface area contributed by atoms with Gasteiger partial charge in [-0.3, -0.25) is 0 Å². The maximum absolute atomic E-state index is 11.3. The molecule has 0 spiro atoms. The Kier molecular flexibility index (Phi) is 4.41. The highest BCUT2D eigenvalue weighted by atomic mass is 79.9. The van der Waals surface area contributed by atoms with E-state index in [9.17, 15) is 4.79 Å². The highest BCUT2D eigenvalue weighted by Gasteiger charge is 2.16. The first-order valence-electron chi connectivity index (χ1n) is 4.04. The van der Waals surface area contributed by atoms with Gasteiger partial charge in [0, 0.05) is 10.2 Å². The van der Waals surface area contributed by atoms with Gasteiger partial charge in [-0.1, -0.05) is 15.9 Å². The lowest BCUT2D eigenvalue weighted by molar-refractivity contribution is 0.0603. The third-order valence-corrected chi connectivity index (χ3v) is 3.23. The molecule has 1 aromatic heterocycles. The molecule has 0 aromatic carbocycles. The zero-order chi connectivity index (χ0) is 10.6. The molecule has 0 N–H and O–H groups in total. The molecule has 5 heteroatoms. The minimum atomic E-state index is -0.340. The Bertz CT molecular complexity index is 322. The van der Waals surface area contributed by atoms with Crippen molar-refractivity contribution in [2.45, 2.75) is 6.42 Å². The largest absolute Gasteiger partial charge is 0.495 e. The van der Waals surface area contributed by atoms with Crippen LogP contribution in [0, 0.1) is 0 Å². The van der Waals surface area contributed by atoms with E-state index in [1.54, 1.807) is 7.11 Å². The molecule has 0 aliphatic heterocycles. The molecule has 0 saturated heterocycles. The monoisotopic (exact) mass is 278 g/mol. The summed E-state index contributed by atoms with van der Waals surface area (Å²) in [4.78, 5) is 13.0. The van der Waals surface area contributed by atoms with E-state index in [1.165, 1.54) is 18.4 Å². The van der Waals surface area contributed by atoms with Gasteiger partial charge in [-0.05, 0) is 12.5 Å². The maximum Gasteiger partial charge on any atom is 0.351 e. The summed E-state index contributed by atoms with van der Waals surface area (Å²) in [5, 5.41) is 0.872. The first-order valence-corrected chi connectivity index (χ1v) is 5.97. The summed E-state index contributed by atoms with van der Waals surface area (Å²) >= 11 is 4.76. The Balaban J connectivity index is 2.96. The number of aryl methyl sites for hydroxylation is 1. The standard InChI is InChI=1S/C9H11BrO3S/c1-12-7-5-6(3-4-10)14-8(7)9(11)13-2/h5H,3-4H2,1-2H3. The van der Waals surface area contributed by atoms with E-state index >= 15 is 0 Å². The summed E-state index contributed by atoms with van der Waals surface area (Å²) < 4.78 is 9.74. The second-order valence-electron chi connectivity index (χ2n) is 2.54. The number of hydrogen-bond donors (Lipinski definition) is 0. The Morgan fingerprint density at radius 3 is 2.79 bits per heavy atom. The van der Waals surface area contributed by atoms with Crippen LogP contribution in [0.4, 0.5) is 0 Å². The molecule has 0 fully saturated rings. The molecule has 0 amide bonds. The summed E-state index contributed by atoms with van der Waals surface area (Å²) in [6.45, 7) is 0. The lowest BCUT2D eigenvalue weighted by Crippen LogP contribution is -1.99. The van der Waals surface area contributed by atoms with E-state index in [-0.39, 0.29) is 5.97 Å². The fraction of sp³-hybridized carbons (Fsp3) is 0.444. The van der Waals surface area contributed by atoms with E-state index < -0.39 is 0 Å². The van der Waals surface area contributed by atoms with Gasteiger partial charge < -0.3 is 9.47 Å². The van der Waals surface area contributed by atoms with E-state index in [0.29, 0.717) is 10.6 Å². The van der Waals surface area contributed by atoms with Crippen LogP contribution >= 0.6 is 27.3 Å². The van der Waals surface area contributed by atoms with Crippen LogP contribution in [-0.2, 0) is 11.2 Å². The number of thiophene rings is 1. The second kappa shape index (κ2) is 5.36. The molecule has 1 heterocycles. The number of rotatable bonds is 4. The lowest BCUT2D eigenvalue weighted by Gasteiger charge is -1.98. The maximum atomic E-state index is 11.3. The summed E-state index contributed by atoms with van der Waals surface area (Å²) in [6.07, 6.45) is 0.887. The molecular formula is C9H11BrO3S. The van der Waals surface area contributed by atoms with Crippen LogP contribution in [-0.4, -0.2) is 25.5 Å². The van der Waals surface area contributed by atoms with Crippen molar-refractivity contribution >= 4 is 33.2 Å². The van der Waals surface area contributed by atoms with Crippen LogP contribution in [0.25, 0.3) is 0 Å². The van der Waals surface area contributed by atoms with Crippen molar-refractivity contribution < 1.29 is 14.3 Å². The topological polar surface area (TPSA) is 35.5 Å². The first kappa shape index (κ1) is 11.5. The van der Waals surface area contributed by atoms with E-state index in [1.807, 2.05) is 6.07 Å². The third kappa shape index (κ3) is 2.48. The van der Waals surface area contributed by atoms with Crippen LogP contribution in [0.1, 0.15) is 14.5 Å². The third-order valence-electron chi connectivity index (χ3n) is 1.68. The summed E-state index contributed by atoms with van der Waals surface area (Å²) in [7, 11) is 2.91. The fourth-order valence-electron chi connectivity index (χ4n) is 1.03. The van der Waals surface area contributed by atoms with Crippen molar-refractivity contribution in [2.75, 3.05) is 19.5 Å². The SMILES string of the molecule is COC(=O)c1sc(CCBr)cc1OC. The van der Waals surface area contributed by atoms with Crippen LogP contribution in [0.3, 0.4) is 0 Å². The number of carbonyl (C=O) groups is 1. The van der Waals surface area contributed by atoms with E-state index in [2.05, 4.69) is 20.7 Å². The molecule has 1 aromatic rings. The Morgan fingerprint density at radius 1 is 1.57 bits per heavy atom. The molecule has 0 aliphatic rings. The predicted molar refractivity (Wildman–Crippen MR) is 59.7 cm³/mol. The van der Waals surface area contributed by atoms with Crippen molar-refractivity contribution in [3.05, 3.63) is 15.8 Å². The highest BCUT2D eigenvalue weighted by molar-refractivity contribution is 9.09. The predicted octanol–water partition coefficient (Wildman–Crippen LogP) is 2.48. The van der Waals surface area contributed by atoms with E-state index in [4.69, 9.17) is 4.74 Å². The van der Waals surface area contributed by atoms with Gasteiger partial charge in [-0.15, -0.1) is 11.3 Å². The van der Waals surface area contributed by atoms with Crippen molar-refractivity contribution in [1.82, 2.24) is 0 Å². The Hall–Kier alpha value is -0.550. The summed E-state index contributed by atoms with van der Waals surface area (Å²) in [5.41, 5.74) is 0. The molecule has 1 rings (SSSR count). The van der Waals surface area contributed by atoms with Gasteiger partial charge in [0.25, 0.3) is 0 Å². The number of carbonyl (C=O) groups excluding carboxylic acids is 1. The normalized spacial score (nSPS) is 9.93. The number of halogens is 1. The number of methoxy groups -OCH3 is 2.